The lowest BCUT2D eigenvalue weighted by Crippen LogP contribution is -2.28. The topological polar surface area (TPSA) is 71.9 Å². The molecule has 0 saturated heterocycles. The van der Waals surface area contributed by atoms with Crippen molar-refractivity contribution in [2.45, 2.75) is 38.7 Å². The Hall–Kier alpha value is -2.19. The second-order valence-corrected chi connectivity index (χ2v) is 4.82. The predicted molar refractivity (Wildman–Crippen MR) is 78.3 cm³/mol. The van der Waals surface area contributed by atoms with Gasteiger partial charge in [-0.15, -0.1) is 0 Å². The summed E-state index contributed by atoms with van der Waals surface area (Å²) in [5.41, 5.74) is 1.16. The van der Waals surface area contributed by atoms with Crippen molar-refractivity contribution in [2.24, 2.45) is 0 Å². The number of rotatable bonds is 6. The number of hydrogen-bond donors (Lipinski definition) is 0. The predicted octanol–water partition coefficient (Wildman–Crippen LogP) is 3.46. The Morgan fingerprint density at radius 2 is 2.00 bits per heavy atom. The van der Waals surface area contributed by atoms with Crippen molar-refractivity contribution in [1.82, 2.24) is 10.1 Å². The summed E-state index contributed by atoms with van der Waals surface area (Å²) < 4.78 is 11.0. The van der Waals surface area contributed by atoms with Gasteiger partial charge in [0, 0.05) is 12.7 Å². The molecule has 0 spiro atoms. The fourth-order valence-corrected chi connectivity index (χ4v) is 2.43. The normalized spacial score (nSPS) is 11.3. The molecule has 0 aliphatic heterocycles. The number of nitriles is 1. The van der Waals surface area contributed by atoms with Gasteiger partial charge in [0.1, 0.15) is 5.60 Å². The Morgan fingerprint density at radius 1 is 1.29 bits per heavy atom. The first-order valence-electron chi connectivity index (χ1n) is 7.05. The van der Waals surface area contributed by atoms with Gasteiger partial charge in [-0.05, 0) is 24.5 Å². The lowest BCUT2D eigenvalue weighted by atomic mass is 9.96. The summed E-state index contributed by atoms with van der Waals surface area (Å²) in [5, 5.41) is 13.0. The molecular weight excluding hydrogens is 266 g/mol. The number of ether oxygens (including phenoxy) is 1. The van der Waals surface area contributed by atoms with Crippen LogP contribution >= 0.6 is 0 Å². The van der Waals surface area contributed by atoms with Crippen LogP contribution in [0.15, 0.2) is 28.8 Å². The van der Waals surface area contributed by atoms with E-state index in [1.165, 1.54) is 0 Å². The van der Waals surface area contributed by atoms with Gasteiger partial charge in [0.2, 0.25) is 5.82 Å². The van der Waals surface area contributed by atoms with Gasteiger partial charge in [-0.25, -0.2) is 0 Å². The molecule has 0 aliphatic rings. The summed E-state index contributed by atoms with van der Waals surface area (Å²) in [7, 11) is 1.66. The summed E-state index contributed by atoms with van der Waals surface area (Å²) in [5.74, 6) is 0.982. The summed E-state index contributed by atoms with van der Waals surface area (Å²) >= 11 is 0. The Labute approximate surface area is 124 Å². The first kappa shape index (κ1) is 15.2. The number of methoxy groups -OCH3 is 1. The smallest absolute Gasteiger partial charge is 0.258 e. The molecule has 21 heavy (non-hydrogen) atoms. The number of hydrogen-bond acceptors (Lipinski definition) is 5. The molecule has 5 heteroatoms. The van der Waals surface area contributed by atoms with Crippen molar-refractivity contribution in [3.05, 3.63) is 35.7 Å². The van der Waals surface area contributed by atoms with E-state index in [0.717, 1.165) is 24.0 Å². The van der Waals surface area contributed by atoms with Crippen LogP contribution in [0.2, 0.25) is 0 Å². The highest BCUT2D eigenvalue weighted by Gasteiger charge is 2.34. The molecule has 0 atom stereocenters. The Balaban J connectivity index is 2.43. The summed E-state index contributed by atoms with van der Waals surface area (Å²) in [6, 6.07) is 9.72. The molecule has 0 unspecified atom stereocenters. The Kier molecular flexibility index (Phi) is 4.71. The zero-order chi connectivity index (χ0) is 15.3. The van der Waals surface area contributed by atoms with Crippen LogP contribution < -0.4 is 0 Å². The molecule has 1 aromatic heterocycles. The number of benzene rings is 1. The van der Waals surface area contributed by atoms with Gasteiger partial charge in [-0.3, -0.25) is 0 Å². The highest BCUT2D eigenvalue weighted by molar-refractivity contribution is 5.59. The zero-order valence-electron chi connectivity index (χ0n) is 12.6. The Morgan fingerprint density at radius 3 is 2.62 bits per heavy atom. The van der Waals surface area contributed by atoms with E-state index in [1.54, 1.807) is 7.11 Å². The fraction of sp³-hybridized carbons (Fsp3) is 0.438. The van der Waals surface area contributed by atoms with Crippen LogP contribution in [0.4, 0.5) is 0 Å². The fourth-order valence-electron chi connectivity index (χ4n) is 2.43. The lowest BCUT2D eigenvalue weighted by Gasteiger charge is -2.25. The number of nitrogens with zero attached hydrogens (tertiary/aromatic N) is 3. The molecule has 0 aliphatic carbocycles. The van der Waals surface area contributed by atoms with E-state index in [0.29, 0.717) is 18.1 Å². The van der Waals surface area contributed by atoms with E-state index >= 15 is 0 Å². The first-order valence-corrected chi connectivity index (χ1v) is 7.05. The van der Waals surface area contributed by atoms with Gasteiger partial charge in [0.15, 0.2) is 0 Å². The summed E-state index contributed by atoms with van der Waals surface area (Å²) in [6.45, 7) is 4.07. The standard InChI is InChI=1S/C16H19N3O2/c1-4-16(5-2,20-3)15-18-14(21-19-15)13-9-7-6-8-12(13)10-11-17/h6-9H,4-5,10H2,1-3H3. The van der Waals surface area contributed by atoms with Crippen molar-refractivity contribution in [1.29, 1.82) is 5.26 Å². The van der Waals surface area contributed by atoms with Crippen molar-refractivity contribution in [3.8, 4) is 17.5 Å². The minimum atomic E-state index is -0.522. The third kappa shape index (κ3) is 2.81. The van der Waals surface area contributed by atoms with Crippen molar-refractivity contribution >= 4 is 0 Å². The maximum Gasteiger partial charge on any atom is 0.258 e. The van der Waals surface area contributed by atoms with E-state index in [4.69, 9.17) is 14.5 Å². The molecule has 0 saturated carbocycles. The van der Waals surface area contributed by atoms with E-state index in [1.807, 2.05) is 38.1 Å². The minimum Gasteiger partial charge on any atom is -0.370 e. The SMILES string of the molecule is CCC(CC)(OC)c1noc(-c2ccccc2CC#N)n1. The van der Waals surface area contributed by atoms with Crippen LogP contribution in [-0.2, 0) is 16.8 Å². The molecule has 0 radical (unpaired) electrons. The van der Waals surface area contributed by atoms with E-state index in [2.05, 4.69) is 16.2 Å². The quantitative estimate of drug-likeness (QED) is 0.812. The molecule has 0 fully saturated rings. The second-order valence-electron chi connectivity index (χ2n) is 4.82. The molecule has 1 aromatic carbocycles. The van der Waals surface area contributed by atoms with Gasteiger partial charge < -0.3 is 9.26 Å². The maximum absolute atomic E-state index is 8.90. The average molecular weight is 285 g/mol. The van der Waals surface area contributed by atoms with Gasteiger partial charge in [-0.1, -0.05) is 37.2 Å². The second kappa shape index (κ2) is 6.51. The molecule has 0 amide bonds. The van der Waals surface area contributed by atoms with Crippen molar-refractivity contribution in [2.75, 3.05) is 7.11 Å². The number of aromatic nitrogens is 2. The van der Waals surface area contributed by atoms with Crippen molar-refractivity contribution in [3.63, 3.8) is 0 Å². The molecule has 0 bridgehead atoms. The van der Waals surface area contributed by atoms with E-state index in [-0.39, 0.29) is 0 Å². The zero-order valence-corrected chi connectivity index (χ0v) is 12.6. The van der Waals surface area contributed by atoms with Crippen LogP contribution in [0.25, 0.3) is 11.5 Å². The Bertz CT molecular complexity index is 631. The van der Waals surface area contributed by atoms with Gasteiger partial charge in [0.05, 0.1) is 12.5 Å². The average Bonchev–Trinajstić information content (AvgIpc) is 3.01. The maximum atomic E-state index is 8.90. The molecule has 2 aromatic rings. The molecule has 0 N–H and O–H groups in total. The van der Waals surface area contributed by atoms with Crippen molar-refractivity contribution < 1.29 is 9.26 Å². The van der Waals surface area contributed by atoms with Crippen LogP contribution in [0, 0.1) is 11.3 Å². The monoisotopic (exact) mass is 285 g/mol. The van der Waals surface area contributed by atoms with Crippen LogP contribution in [0.1, 0.15) is 38.1 Å². The lowest BCUT2D eigenvalue weighted by molar-refractivity contribution is -0.0306. The van der Waals surface area contributed by atoms with Gasteiger partial charge in [-0.2, -0.15) is 10.2 Å². The molecular formula is C16H19N3O2. The highest BCUT2D eigenvalue weighted by atomic mass is 16.5. The molecule has 110 valence electrons. The summed E-state index contributed by atoms with van der Waals surface area (Å²) in [6.07, 6.45) is 1.84. The molecule has 2 rings (SSSR count). The highest BCUT2D eigenvalue weighted by Crippen LogP contribution is 2.32. The third-order valence-corrected chi connectivity index (χ3v) is 3.88. The van der Waals surface area contributed by atoms with Crippen LogP contribution in [-0.4, -0.2) is 17.3 Å². The van der Waals surface area contributed by atoms with Crippen LogP contribution in [0.3, 0.4) is 0 Å². The largest absolute Gasteiger partial charge is 0.370 e. The van der Waals surface area contributed by atoms with Gasteiger partial charge in [0.25, 0.3) is 5.89 Å². The third-order valence-electron chi connectivity index (χ3n) is 3.88. The van der Waals surface area contributed by atoms with E-state index in [9.17, 15) is 0 Å². The molecule has 5 nitrogen and oxygen atoms in total. The minimum absolute atomic E-state index is 0.310. The van der Waals surface area contributed by atoms with Crippen LogP contribution in [0.5, 0.6) is 0 Å². The van der Waals surface area contributed by atoms with E-state index < -0.39 is 5.60 Å². The summed E-state index contributed by atoms with van der Waals surface area (Å²) in [4.78, 5) is 4.50. The molecule has 1 heterocycles. The first-order chi connectivity index (χ1) is 10.2. The van der Waals surface area contributed by atoms with Gasteiger partial charge >= 0.3 is 0 Å².